The van der Waals surface area contributed by atoms with Crippen molar-refractivity contribution in [2.45, 2.75) is 46.2 Å². The third-order valence-corrected chi connectivity index (χ3v) is 5.48. The fourth-order valence-electron chi connectivity index (χ4n) is 3.20. The number of nitrogens with zero attached hydrogens (tertiary/aromatic N) is 3. The van der Waals surface area contributed by atoms with Crippen LogP contribution in [0.5, 0.6) is 0 Å². The maximum Gasteiger partial charge on any atom is 0.192 e. The van der Waals surface area contributed by atoms with Gasteiger partial charge < -0.3 is 15.5 Å². The summed E-state index contributed by atoms with van der Waals surface area (Å²) in [5.41, 5.74) is 2.61. The van der Waals surface area contributed by atoms with Crippen LogP contribution in [0.4, 0.5) is 5.69 Å². The Balaban J connectivity index is 0.00000261. The molecule has 1 fully saturated rings. The van der Waals surface area contributed by atoms with E-state index in [0.29, 0.717) is 6.54 Å². The highest BCUT2D eigenvalue weighted by molar-refractivity contribution is 14.0. The highest BCUT2D eigenvalue weighted by atomic mass is 127. The van der Waals surface area contributed by atoms with Crippen LogP contribution >= 0.6 is 35.3 Å². The number of anilines is 1. The van der Waals surface area contributed by atoms with Gasteiger partial charge >= 0.3 is 0 Å². The van der Waals surface area contributed by atoms with Crippen molar-refractivity contribution in [1.29, 1.82) is 0 Å². The lowest BCUT2D eigenvalue weighted by Crippen LogP contribution is -2.38. The van der Waals surface area contributed by atoms with E-state index in [4.69, 9.17) is 4.99 Å². The summed E-state index contributed by atoms with van der Waals surface area (Å²) in [6.45, 7) is 10.1. The molecule has 27 heavy (non-hydrogen) atoms. The molecule has 1 aliphatic heterocycles. The fourth-order valence-corrected chi connectivity index (χ4v) is 3.91. The molecular formula is C20H30IN5S. The summed E-state index contributed by atoms with van der Waals surface area (Å²) in [4.78, 5) is 12.8. The molecule has 2 aromatic rings. The summed E-state index contributed by atoms with van der Waals surface area (Å²) in [7, 11) is 0. The van der Waals surface area contributed by atoms with Gasteiger partial charge in [0.25, 0.3) is 0 Å². The van der Waals surface area contributed by atoms with E-state index in [2.05, 4.69) is 65.6 Å². The summed E-state index contributed by atoms with van der Waals surface area (Å²) >= 11 is 1.70. The van der Waals surface area contributed by atoms with Crippen LogP contribution in [-0.2, 0) is 6.54 Å². The lowest BCUT2D eigenvalue weighted by Gasteiger charge is -2.22. The summed E-state index contributed by atoms with van der Waals surface area (Å²) in [6.07, 6.45) is 4.50. The summed E-state index contributed by atoms with van der Waals surface area (Å²) in [6, 6.07) is 9.05. The molecule has 1 aromatic carbocycles. The molecule has 148 valence electrons. The highest BCUT2D eigenvalue weighted by Gasteiger charge is 2.14. The largest absolute Gasteiger partial charge is 0.372 e. The molecule has 0 amide bonds. The van der Waals surface area contributed by atoms with Gasteiger partial charge in [-0.15, -0.1) is 35.3 Å². The van der Waals surface area contributed by atoms with Gasteiger partial charge in [0.1, 0.15) is 5.01 Å². The van der Waals surface area contributed by atoms with Gasteiger partial charge in [-0.05, 0) is 51.3 Å². The molecule has 1 atom stereocenters. The number of halogens is 1. The van der Waals surface area contributed by atoms with Crippen molar-refractivity contribution in [3.05, 3.63) is 45.9 Å². The fraction of sp³-hybridized carbons (Fsp3) is 0.500. The summed E-state index contributed by atoms with van der Waals surface area (Å²) in [5, 5.41) is 7.91. The average Bonchev–Trinajstić information content (AvgIpc) is 3.32. The van der Waals surface area contributed by atoms with Crippen molar-refractivity contribution in [2.24, 2.45) is 4.99 Å². The van der Waals surface area contributed by atoms with Crippen LogP contribution in [0.2, 0.25) is 0 Å². The Hall–Kier alpha value is -1.35. The monoisotopic (exact) mass is 499 g/mol. The Morgan fingerprint density at radius 3 is 2.78 bits per heavy atom. The van der Waals surface area contributed by atoms with Gasteiger partial charge in [0.05, 0.1) is 12.6 Å². The Morgan fingerprint density at radius 1 is 1.33 bits per heavy atom. The number of guanidine groups is 1. The topological polar surface area (TPSA) is 52.6 Å². The van der Waals surface area contributed by atoms with Gasteiger partial charge in [-0.1, -0.05) is 12.1 Å². The van der Waals surface area contributed by atoms with Gasteiger partial charge in [-0.3, -0.25) is 0 Å². The van der Waals surface area contributed by atoms with Crippen molar-refractivity contribution in [3.8, 4) is 0 Å². The Kier molecular flexibility index (Phi) is 8.82. The van der Waals surface area contributed by atoms with Gasteiger partial charge in [0, 0.05) is 36.4 Å². The van der Waals surface area contributed by atoms with E-state index in [-0.39, 0.29) is 30.0 Å². The van der Waals surface area contributed by atoms with Gasteiger partial charge in [0.15, 0.2) is 5.96 Å². The van der Waals surface area contributed by atoms with Crippen molar-refractivity contribution < 1.29 is 0 Å². The summed E-state index contributed by atoms with van der Waals surface area (Å²) < 4.78 is 0. The molecule has 1 aliphatic rings. The second-order valence-electron chi connectivity index (χ2n) is 6.71. The van der Waals surface area contributed by atoms with Gasteiger partial charge in [-0.2, -0.15) is 0 Å². The van der Waals surface area contributed by atoms with E-state index in [1.54, 1.807) is 11.3 Å². The minimum atomic E-state index is 0. The van der Waals surface area contributed by atoms with Crippen LogP contribution in [0.1, 0.15) is 48.2 Å². The summed E-state index contributed by atoms with van der Waals surface area (Å²) in [5.74, 6) is 0.833. The molecule has 0 radical (unpaired) electrons. The smallest absolute Gasteiger partial charge is 0.192 e. The van der Waals surface area contributed by atoms with E-state index in [1.165, 1.54) is 42.1 Å². The van der Waals surface area contributed by atoms with E-state index in [1.807, 2.05) is 6.20 Å². The predicted octanol–water partition coefficient (Wildman–Crippen LogP) is 4.49. The Morgan fingerprint density at radius 2 is 2.11 bits per heavy atom. The zero-order chi connectivity index (χ0) is 18.4. The number of thiazole rings is 1. The molecule has 1 aromatic heterocycles. The predicted molar refractivity (Wildman–Crippen MR) is 127 cm³/mol. The number of aliphatic imine (C=N–C) groups is 1. The number of benzene rings is 1. The lowest BCUT2D eigenvalue weighted by atomic mass is 10.1. The van der Waals surface area contributed by atoms with Crippen molar-refractivity contribution in [2.75, 3.05) is 24.5 Å². The van der Waals surface area contributed by atoms with Crippen LogP contribution in [0, 0.1) is 6.92 Å². The number of nitrogens with one attached hydrogen (secondary N) is 2. The second-order valence-corrected chi connectivity index (χ2v) is 8.03. The maximum atomic E-state index is 4.69. The minimum absolute atomic E-state index is 0. The molecule has 3 rings (SSSR count). The second kappa shape index (κ2) is 10.8. The Bertz CT molecular complexity index is 739. The molecule has 1 unspecified atom stereocenters. The van der Waals surface area contributed by atoms with Gasteiger partial charge in [-0.25, -0.2) is 9.98 Å². The third-order valence-electron chi connectivity index (χ3n) is 4.58. The molecule has 2 heterocycles. The standard InChI is InChI=1S/C20H29N5S.HI/c1-4-21-20(23-14-19-22-13-15(2)26-19)24-16(3)17-8-7-9-18(12-17)25-10-5-6-11-25;/h7-9,12-13,16H,4-6,10-11,14H2,1-3H3,(H2,21,23,24);1H. The number of aromatic nitrogens is 1. The van der Waals surface area contributed by atoms with Crippen LogP contribution in [0.25, 0.3) is 0 Å². The number of aryl methyl sites for hydroxylation is 1. The van der Waals surface area contributed by atoms with E-state index in [0.717, 1.165) is 17.5 Å². The average molecular weight is 499 g/mol. The Labute approximate surface area is 183 Å². The highest BCUT2D eigenvalue weighted by Crippen LogP contribution is 2.24. The first-order valence-corrected chi connectivity index (χ1v) is 10.3. The maximum absolute atomic E-state index is 4.69. The molecule has 0 bridgehead atoms. The molecule has 7 heteroatoms. The molecule has 0 aliphatic carbocycles. The molecule has 0 spiro atoms. The SMILES string of the molecule is CCNC(=NCc1ncc(C)s1)NC(C)c1cccc(N2CCCC2)c1.I. The van der Waals surface area contributed by atoms with E-state index in [9.17, 15) is 0 Å². The van der Waals surface area contributed by atoms with Gasteiger partial charge in [0.2, 0.25) is 0 Å². The molecular weight excluding hydrogens is 469 g/mol. The third kappa shape index (κ3) is 6.34. The van der Waals surface area contributed by atoms with E-state index < -0.39 is 0 Å². The zero-order valence-electron chi connectivity index (χ0n) is 16.4. The van der Waals surface area contributed by atoms with E-state index >= 15 is 0 Å². The normalized spacial score (nSPS) is 15.4. The number of hydrogen-bond acceptors (Lipinski definition) is 4. The lowest BCUT2D eigenvalue weighted by molar-refractivity contribution is 0.686. The first kappa shape index (κ1) is 21.9. The first-order valence-electron chi connectivity index (χ1n) is 9.46. The minimum Gasteiger partial charge on any atom is -0.372 e. The number of rotatable bonds is 6. The van der Waals surface area contributed by atoms with Crippen LogP contribution < -0.4 is 15.5 Å². The first-order chi connectivity index (χ1) is 12.7. The van der Waals surface area contributed by atoms with Crippen LogP contribution in [-0.4, -0.2) is 30.6 Å². The van der Waals surface area contributed by atoms with Crippen molar-refractivity contribution >= 4 is 47.0 Å². The zero-order valence-corrected chi connectivity index (χ0v) is 19.5. The van der Waals surface area contributed by atoms with Crippen LogP contribution in [0.15, 0.2) is 35.5 Å². The molecule has 2 N–H and O–H groups in total. The van der Waals surface area contributed by atoms with Crippen molar-refractivity contribution in [1.82, 2.24) is 15.6 Å². The number of hydrogen-bond donors (Lipinski definition) is 2. The molecule has 5 nitrogen and oxygen atoms in total. The molecule has 0 saturated carbocycles. The molecule has 1 saturated heterocycles. The quantitative estimate of drug-likeness (QED) is 0.350. The van der Waals surface area contributed by atoms with Crippen molar-refractivity contribution in [3.63, 3.8) is 0 Å². The van der Waals surface area contributed by atoms with Crippen LogP contribution in [0.3, 0.4) is 0 Å².